The molecule has 4 N–H and O–H groups in total. The van der Waals surface area contributed by atoms with Crippen molar-refractivity contribution in [1.29, 1.82) is 0 Å². The van der Waals surface area contributed by atoms with Gasteiger partial charge in [-0.2, -0.15) is 0 Å². The SMILES string of the molecule is C=CCCC(=C)C(=O)O.NC(=O)O. The third kappa shape index (κ3) is 17.8. The normalized spacial score (nSPS) is 7.69. The Bertz CT molecular complexity index is 206. The zero-order chi connectivity index (χ0) is 10.9. The minimum Gasteiger partial charge on any atom is -0.478 e. The van der Waals surface area contributed by atoms with Crippen molar-refractivity contribution in [3.63, 3.8) is 0 Å². The Kier molecular flexibility index (Phi) is 8.82. The average molecular weight is 187 g/mol. The maximum absolute atomic E-state index is 10.1. The molecule has 0 unspecified atom stereocenters. The van der Waals surface area contributed by atoms with E-state index in [4.69, 9.17) is 15.0 Å². The molecule has 0 rings (SSSR count). The third-order valence-corrected chi connectivity index (χ3v) is 0.953. The standard InChI is InChI=1S/C7H10O2.CH3NO2/c1-3-4-5-6(2)7(8)9;2-1(3)4/h3H,1-2,4-5H2,(H,8,9);2H2,(H,3,4). The van der Waals surface area contributed by atoms with Crippen molar-refractivity contribution in [2.24, 2.45) is 5.73 Å². The predicted molar refractivity (Wildman–Crippen MR) is 48.4 cm³/mol. The van der Waals surface area contributed by atoms with Gasteiger partial charge in [-0.3, -0.25) is 0 Å². The van der Waals surface area contributed by atoms with Crippen LogP contribution < -0.4 is 5.73 Å². The van der Waals surface area contributed by atoms with Crippen molar-refractivity contribution in [3.8, 4) is 0 Å². The summed E-state index contributed by atoms with van der Waals surface area (Å²) in [6, 6.07) is 0. The van der Waals surface area contributed by atoms with E-state index in [1.807, 2.05) is 0 Å². The Balaban J connectivity index is 0. The van der Waals surface area contributed by atoms with Crippen LogP contribution in [0.3, 0.4) is 0 Å². The summed E-state index contributed by atoms with van der Waals surface area (Å²) in [6.07, 6.45) is 1.53. The molecule has 0 aliphatic carbocycles. The number of hydrogen-bond donors (Lipinski definition) is 3. The van der Waals surface area contributed by atoms with Crippen LogP contribution in [0.4, 0.5) is 4.79 Å². The number of rotatable bonds is 4. The van der Waals surface area contributed by atoms with E-state index in [-0.39, 0.29) is 5.57 Å². The van der Waals surface area contributed by atoms with E-state index < -0.39 is 12.1 Å². The van der Waals surface area contributed by atoms with Gasteiger partial charge in [-0.05, 0) is 12.8 Å². The summed E-state index contributed by atoms with van der Waals surface area (Å²) >= 11 is 0. The van der Waals surface area contributed by atoms with Crippen molar-refractivity contribution in [1.82, 2.24) is 0 Å². The molecule has 0 aliphatic rings. The van der Waals surface area contributed by atoms with Crippen LogP contribution in [0.5, 0.6) is 0 Å². The van der Waals surface area contributed by atoms with E-state index in [9.17, 15) is 4.79 Å². The molecule has 0 atom stereocenters. The van der Waals surface area contributed by atoms with Crippen LogP contribution in [-0.2, 0) is 4.79 Å². The summed E-state index contributed by atoms with van der Waals surface area (Å²) < 4.78 is 0. The maximum Gasteiger partial charge on any atom is 0.402 e. The molecule has 0 heterocycles. The molecule has 0 aliphatic heterocycles. The lowest BCUT2D eigenvalue weighted by Gasteiger charge is -1.93. The van der Waals surface area contributed by atoms with Gasteiger partial charge < -0.3 is 15.9 Å². The number of hydrogen-bond acceptors (Lipinski definition) is 2. The van der Waals surface area contributed by atoms with Crippen LogP contribution in [0.25, 0.3) is 0 Å². The van der Waals surface area contributed by atoms with Gasteiger partial charge in [0.25, 0.3) is 0 Å². The van der Waals surface area contributed by atoms with E-state index >= 15 is 0 Å². The largest absolute Gasteiger partial charge is 0.478 e. The van der Waals surface area contributed by atoms with Crippen molar-refractivity contribution >= 4 is 12.1 Å². The second kappa shape index (κ2) is 8.32. The van der Waals surface area contributed by atoms with Crippen LogP contribution in [0, 0.1) is 0 Å². The second-order valence-electron chi connectivity index (χ2n) is 2.07. The van der Waals surface area contributed by atoms with Gasteiger partial charge in [0, 0.05) is 5.57 Å². The Labute approximate surface area is 76.2 Å². The highest BCUT2D eigenvalue weighted by molar-refractivity contribution is 5.85. The average Bonchev–Trinajstić information content (AvgIpc) is 1.98. The molecule has 5 nitrogen and oxygen atoms in total. The molecular weight excluding hydrogens is 174 g/mol. The Morgan fingerprint density at radius 3 is 2.00 bits per heavy atom. The molecule has 74 valence electrons. The fourth-order valence-electron chi connectivity index (χ4n) is 0.383. The summed E-state index contributed by atoms with van der Waals surface area (Å²) in [7, 11) is 0. The molecule has 5 heteroatoms. The first-order chi connectivity index (χ1) is 5.91. The molecule has 1 amide bonds. The minimum atomic E-state index is -1.33. The third-order valence-electron chi connectivity index (χ3n) is 0.953. The van der Waals surface area contributed by atoms with Crippen LogP contribution in [0.1, 0.15) is 12.8 Å². The predicted octanol–water partition coefficient (Wildman–Crippen LogP) is 1.22. The van der Waals surface area contributed by atoms with Gasteiger partial charge in [0.15, 0.2) is 0 Å². The first kappa shape index (κ1) is 13.8. The van der Waals surface area contributed by atoms with Crippen LogP contribution in [-0.4, -0.2) is 22.3 Å². The van der Waals surface area contributed by atoms with Gasteiger partial charge >= 0.3 is 12.1 Å². The van der Waals surface area contributed by atoms with Crippen LogP contribution in [0.15, 0.2) is 24.8 Å². The highest BCUT2D eigenvalue weighted by Crippen LogP contribution is 2.01. The Hall–Kier alpha value is -1.78. The van der Waals surface area contributed by atoms with E-state index in [0.717, 1.165) is 0 Å². The topological polar surface area (TPSA) is 101 Å². The Morgan fingerprint density at radius 1 is 1.38 bits per heavy atom. The van der Waals surface area contributed by atoms with Gasteiger partial charge in [-0.15, -0.1) is 6.58 Å². The fraction of sp³-hybridized carbons (Fsp3) is 0.250. The number of carboxylic acids is 1. The zero-order valence-electron chi connectivity index (χ0n) is 7.19. The van der Waals surface area contributed by atoms with Crippen LogP contribution in [0.2, 0.25) is 0 Å². The molecule has 0 aromatic carbocycles. The highest BCUT2D eigenvalue weighted by atomic mass is 16.4. The number of allylic oxidation sites excluding steroid dienone is 1. The van der Waals surface area contributed by atoms with E-state index in [1.165, 1.54) is 0 Å². The molecule has 0 spiro atoms. The van der Waals surface area contributed by atoms with Gasteiger partial charge in [-0.1, -0.05) is 12.7 Å². The summed E-state index contributed by atoms with van der Waals surface area (Å²) in [5.74, 6) is -0.920. The van der Waals surface area contributed by atoms with Crippen molar-refractivity contribution in [2.45, 2.75) is 12.8 Å². The molecule has 0 aromatic rings. The van der Waals surface area contributed by atoms with Crippen molar-refractivity contribution < 1.29 is 19.8 Å². The molecule has 0 radical (unpaired) electrons. The smallest absolute Gasteiger partial charge is 0.402 e. The number of amides is 1. The summed E-state index contributed by atoms with van der Waals surface area (Å²) in [4.78, 5) is 18.8. The molecule has 13 heavy (non-hydrogen) atoms. The number of carbonyl (C=O) groups is 2. The molecule has 0 bridgehead atoms. The van der Waals surface area contributed by atoms with Crippen molar-refractivity contribution in [3.05, 3.63) is 24.8 Å². The number of carboxylic acid groups (broad SMARTS) is 2. The first-order valence-corrected chi connectivity index (χ1v) is 3.42. The molecular formula is C8H13NO4. The highest BCUT2D eigenvalue weighted by Gasteiger charge is 1.99. The lowest BCUT2D eigenvalue weighted by Crippen LogP contribution is -2.03. The van der Waals surface area contributed by atoms with Crippen molar-refractivity contribution in [2.75, 3.05) is 0 Å². The summed E-state index contributed by atoms with van der Waals surface area (Å²) in [6.45, 7) is 6.80. The molecule has 0 fully saturated rings. The lowest BCUT2D eigenvalue weighted by molar-refractivity contribution is -0.132. The van der Waals surface area contributed by atoms with Gasteiger partial charge in [-0.25, -0.2) is 9.59 Å². The number of nitrogens with two attached hydrogens (primary N) is 1. The summed E-state index contributed by atoms with van der Waals surface area (Å²) in [5.41, 5.74) is 4.27. The quantitative estimate of drug-likeness (QED) is 0.455. The molecule has 0 saturated heterocycles. The van der Waals surface area contributed by atoms with E-state index in [1.54, 1.807) is 6.08 Å². The Morgan fingerprint density at radius 2 is 1.77 bits per heavy atom. The maximum atomic E-state index is 10.1. The summed E-state index contributed by atoms with van der Waals surface area (Å²) in [5, 5.41) is 15.5. The monoisotopic (exact) mass is 187 g/mol. The van der Waals surface area contributed by atoms with Gasteiger partial charge in [0.1, 0.15) is 0 Å². The molecule has 0 aromatic heterocycles. The van der Waals surface area contributed by atoms with Crippen LogP contribution >= 0.6 is 0 Å². The zero-order valence-corrected chi connectivity index (χ0v) is 7.19. The van der Waals surface area contributed by atoms with Gasteiger partial charge in [0.05, 0.1) is 0 Å². The lowest BCUT2D eigenvalue weighted by atomic mass is 10.2. The molecule has 0 saturated carbocycles. The van der Waals surface area contributed by atoms with E-state index in [0.29, 0.717) is 12.8 Å². The number of aliphatic carboxylic acids is 1. The van der Waals surface area contributed by atoms with E-state index in [2.05, 4.69) is 18.9 Å². The first-order valence-electron chi connectivity index (χ1n) is 3.42. The fourth-order valence-corrected chi connectivity index (χ4v) is 0.383. The minimum absolute atomic E-state index is 0.245. The van der Waals surface area contributed by atoms with Gasteiger partial charge in [0.2, 0.25) is 0 Å². The number of primary amides is 1. The second-order valence-corrected chi connectivity index (χ2v) is 2.07.